The molecule has 3 heterocycles. The van der Waals surface area contributed by atoms with Crippen LogP contribution in [0.5, 0.6) is 5.75 Å². The topological polar surface area (TPSA) is 79.3 Å². The van der Waals surface area contributed by atoms with Crippen molar-refractivity contribution in [3.05, 3.63) is 57.8 Å². The molecule has 1 unspecified atom stereocenters. The molecule has 0 aliphatic carbocycles. The molecule has 8 heteroatoms. The number of carbonyl (C=O) groups is 2. The predicted molar refractivity (Wildman–Crippen MR) is 118 cm³/mol. The second-order valence-electron chi connectivity index (χ2n) is 7.42. The molecule has 4 rings (SSSR count). The first-order chi connectivity index (χ1) is 15.1. The van der Waals surface area contributed by atoms with Crippen LogP contribution in [-0.4, -0.2) is 72.6 Å². The van der Waals surface area contributed by atoms with Gasteiger partial charge in [-0.2, -0.15) is 0 Å². The lowest BCUT2D eigenvalue weighted by atomic mass is 9.99. The number of ether oxygens (including phenoxy) is 2. The number of hydrogen-bond donors (Lipinski definition) is 1. The molecule has 1 atom stereocenters. The quantitative estimate of drug-likeness (QED) is 0.404. The molecule has 0 saturated carbocycles. The molecule has 1 aromatic carbocycles. The molecule has 1 amide bonds. The van der Waals surface area contributed by atoms with Gasteiger partial charge in [-0.15, -0.1) is 11.3 Å². The molecule has 1 N–H and O–H groups in total. The summed E-state index contributed by atoms with van der Waals surface area (Å²) in [5.74, 6) is -0.804. The van der Waals surface area contributed by atoms with Gasteiger partial charge in [-0.25, -0.2) is 0 Å². The van der Waals surface area contributed by atoms with Crippen molar-refractivity contribution in [3.8, 4) is 5.75 Å². The van der Waals surface area contributed by atoms with Crippen LogP contribution in [0.4, 0.5) is 0 Å². The summed E-state index contributed by atoms with van der Waals surface area (Å²) in [6, 6.07) is 10.1. The van der Waals surface area contributed by atoms with Crippen LogP contribution in [0.25, 0.3) is 5.76 Å². The summed E-state index contributed by atoms with van der Waals surface area (Å²) in [5.41, 5.74) is 0.585. The van der Waals surface area contributed by atoms with Gasteiger partial charge >= 0.3 is 0 Å². The zero-order valence-electron chi connectivity index (χ0n) is 17.5. The van der Waals surface area contributed by atoms with Gasteiger partial charge in [-0.3, -0.25) is 14.5 Å². The van der Waals surface area contributed by atoms with E-state index < -0.39 is 17.7 Å². The third-order valence-electron chi connectivity index (χ3n) is 5.53. The maximum atomic E-state index is 13.0. The monoisotopic (exact) mass is 442 g/mol. The minimum absolute atomic E-state index is 0.128. The molecule has 7 nitrogen and oxygen atoms in total. The van der Waals surface area contributed by atoms with Gasteiger partial charge in [0.2, 0.25) is 0 Å². The summed E-state index contributed by atoms with van der Waals surface area (Å²) in [6.45, 7) is 6.37. The van der Waals surface area contributed by atoms with Crippen molar-refractivity contribution in [2.24, 2.45) is 0 Å². The predicted octanol–water partition coefficient (Wildman–Crippen LogP) is 2.90. The Labute approximate surface area is 185 Å². The van der Waals surface area contributed by atoms with Gasteiger partial charge in [0.05, 0.1) is 31.4 Å². The number of nitrogens with zero attached hydrogens (tertiary/aromatic N) is 2. The number of carbonyl (C=O) groups excluding carboxylic acids is 2. The van der Waals surface area contributed by atoms with Gasteiger partial charge in [0.25, 0.3) is 11.7 Å². The van der Waals surface area contributed by atoms with Crippen LogP contribution in [-0.2, 0) is 14.3 Å². The number of aliphatic hydroxyl groups excluding tert-OH is 1. The van der Waals surface area contributed by atoms with E-state index in [-0.39, 0.29) is 11.3 Å². The van der Waals surface area contributed by atoms with Crippen molar-refractivity contribution in [2.45, 2.75) is 13.0 Å². The molecule has 1 aromatic heterocycles. The highest BCUT2D eigenvalue weighted by Crippen LogP contribution is 2.41. The lowest BCUT2D eigenvalue weighted by molar-refractivity contribution is -0.140. The maximum absolute atomic E-state index is 13.0. The zero-order chi connectivity index (χ0) is 21.8. The van der Waals surface area contributed by atoms with E-state index in [9.17, 15) is 14.7 Å². The first kappa shape index (κ1) is 21.5. The molecule has 2 aliphatic rings. The number of ketones is 1. The average Bonchev–Trinajstić information content (AvgIpc) is 3.40. The van der Waals surface area contributed by atoms with Crippen molar-refractivity contribution < 1.29 is 24.2 Å². The van der Waals surface area contributed by atoms with Crippen molar-refractivity contribution >= 4 is 28.8 Å². The highest BCUT2D eigenvalue weighted by Gasteiger charge is 2.46. The Morgan fingerprint density at radius 1 is 1.19 bits per heavy atom. The Morgan fingerprint density at radius 2 is 2.00 bits per heavy atom. The van der Waals surface area contributed by atoms with Gasteiger partial charge in [0, 0.05) is 36.6 Å². The second kappa shape index (κ2) is 9.64. The first-order valence-corrected chi connectivity index (χ1v) is 11.3. The van der Waals surface area contributed by atoms with Crippen LogP contribution < -0.4 is 4.74 Å². The smallest absolute Gasteiger partial charge is 0.295 e. The molecular weight excluding hydrogens is 416 g/mol. The maximum Gasteiger partial charge on any atom is 0.295 e. The lowest BCUT2D eigenvalue weighted by Crippen LogP contribution is -2.42. The van der Waals surface area contributed by atoms with E-state index in [1.165, 1.54) is 11.3 Å². The highest BCUT2D eigenvalue weighted by atomic mass is 32.1. The van der Waals surface area contributed by atoms with Gasteiger partial charge < -0.3 is 19.5 Å². The van der Waals surface area contributed by atoms with Crippen LogP contribution in [0.1, 0.15) is 23.4 Å². The van der Waals surface area contributed by atoms with Crippen molar-refractivity contribution in [2.75, 3.05) is 46.0 Å². The number of likely N-dealkylation sites (tertiary alicyclic amines) is 1. The summed E-state index contributed by atoms with van der Waals surface area (Å²) in [6.07, 6.45) is 0. The van der Waals surface area contributed by atoms with Crippen molar-refractivity contribution in [3.63, 3.8) is 0 Å². The third-order valence-corrected chi connectivity index (χ3v) is 6.46. The molecule has 2 fully saturated rings. The molecule has 164 valence electrons. The fraction of sp³-hybridized carbons (Fsp3) is 0.391. The van der Waals surface area contributed by atoms with Crippen molar-refractivity contribution in [1.82, 2.24) is 9.80 Å². The number of aliphatic hydroxyl groups is 1. The van der Waals surface area contributed by atoms with E-state index >= 15 is 0 Å². The van der Waals surface area contributed by atoms with Gasteiger partial charge in [0.1, 0.15) is 11.5 Å². The molecule has 31 heavy (non-hydrogen) atoms. The molecule has 2 aromatic rings. The Morgan fingerprint density at radius 3 is 2.71 bits per heavy atom. The number of benzene rings is 1. The van der Waals surface area contributed by atoms with E-state index in [2.05, 4.69) is 4.90 Å². The van der Waals surface area contributed by atoms with E-state index in [0.717, 1.165) is 18.0 Å². The molecule has 0 spiro atoms. The first-order valence-electron chi connectivity index (χ1n) is 10.4. The fourth-order valence-electron chi connectivity index (χ4n) is 3.98. The zero-order valence-corrected chi connectivity index (χ0v) is 18.3. The Kier molecular flexibility index (Phi) is 6.70. The minimum atomic E-state index is -0.653. The number of hydrogen-bond acceptors (Lipinski definition) is 7. The molecular formula is C23H26N2O5S. The summed E-state index contributed by atoms with van der Waals surface area (Å²) in [7, 11) is 0. The SMILES string of the molecule is CCOc1cccc(C(O)=C2C(=O)C(=O)N(CCN3CCOCC3)C2c2cccs2)c1. The summed E-state index contributed by atoms with van der Waals surface area (Å²) >= 11 is 1.47. The Bertz CT molecular complexity index is 966. The number of rotatable bonds is 7. The lowest BCUT2D eigenvalue weighted by Gasteiger charge is -2.30. The highest BCUT2D eigenvalue weighted by molar-refractivity contribution is 7.10. The van der Waals surface area contributed by atoms with Crippen LogP contribution in [0.3, 0.4) is 0 Å². The summed E-state index contributed by atoms with van der Waals surface area (Å²) < 4.78 is 10.9. The van der Waals surface area contributed by atoms with E-state index in [1.54, 1.807) is 29.2 Å². The summed E-state index contributed by atoms with van der Waals surface area (Å²) in [5, 5.41) is 13.0. The van der Waals surface area contributed by atoms with Crippen molar-refractivity contribution in [1.29, 1.82) is 0 Å². The third kappa shape index (κ3) is 4.51. The molecule has 2 saturated heterocycles. The standard InChI is InChI=1S/C23H26N2O5S/c1-2-30-17-6-3-5-16(15-17)21(26)19-20(18-7-4-14-31-18)25(23(28)22(19)27)9-8-24-10-12-29-13-11-24/h3-7,14-15,20,26H,2,8-13H2,1H3. The van der Waals surface area contributed by atoms with Crippen LogP contribution in [0.15, 0.2) is 47.4 Å². The normalized spacial score (nSPS) is 21.6. The van der Waals surface area contributed by atoms with Gasteiger partial charge in [-0.05, 0) is 30.5 Å². The molecule has 0 radical (unpaired) electrons. The number of Topliss-reactive ketones (excluding diaryl/α,β-unsaturated/α-hetero) is 1. The number of amides is 1. The largest absolute Gasteiger partial charge is 0.507 e. The van der Waals surface area contributed by atoms with Crippen LogP contribution in [0.2, 0.25) is 0 Å². The van der Waals surface area contributed by atoms with Gasteiger partial charge in [-0.1, -0.05) is 18.2 Å². The average molecular weight is 443 g/mol. The van der Waals surface area contributed by atoms with Gasteiger partial charge in [0.15, 0.2) is 0 Å². The van der Waals surface area contributed by atoms with E-state index in [1.807, 2.05) is 24.4 Å². The van der Waals surface area contributed by atoms with E-state index in [4.69, 9.17) is 9.47 Å². The summed E-state index contributed by atoms with van der Waals surface area (Å²) in [4.78, 5) is 30.7. The second-order valence-corrected chi connectivity index (χ2v) is 8.40. The Balaban J connectivity index is 1.68. The molecule has 2 aliphatic heterocycles. The van der Waals surface area contributed by atoms with Crippen LogP contribution in [0, 0.1) is 0 Å². The van der Waals surface area contributed by atoms with Crippen LogP contribution >= 0.6 is 11.3 Å². The number of thiophene rings is 1. The Hall–Kier alpha value is -2.68. The fourth-order valence-corrected chi connectivity index (χ4v) is 4.83. The minimum Gasteiger partial charge on any atom is -0.507 e. The van der Waals surface area contributed by atoms with E-state index in [0.29, 0.717) is 44.2 Å². The number of morpholine rings is 1. The molecule has 0 bridgehead atoms.